The summed E-state index contributed by atoms with van der Waals surface area (Å²) in [4.78, 5) is 28.7. The number of carbonyl (C=O) groups excluding carboxylic acids is 2. The summed E-state index contributed by atoms with van der Waals surface area (Å²) < 4.78 is 15.3. The summed E-state index contributed by atoms with van der Waals surface area (Å²) in [5.74, 6) is -0.0239. The lowest BCUT2D eigenvalue weighted by Crippen LogP contribution is -2.34. The molecule has 1 heterocycles. The van der Waals surface area contributed by atoms with Gasteiger partial charge in [-0.25, -0.2) is 4.79 Å². The van der Waals surface area contributed by atoms with Gasteiger partial charge in [-0.2, -0.15) is 0 Å². The van der Waals surface area contributed by atoms with Crippen molar-refractivity contribution in [1.29, 1.82) is 0 Å². The molecule has 0 spiro atoms. The van der Waals surface area contributed by atoms with E-state index in [1.807, 2.05) is 6.92 Å². The number of nitrogens with one attached hydrogen (secondary N) is 1. The fraction of sp³-hybridized carbons (Fsp3) is 0.278. The average molecular weight is 344 g/mol. The molecular weight excluding hydrogens is 324 g/mol. The van der Waals surface area contributed by atoms with Crippen LogP contribution in [0.1, 0.15) is 27.5 Å². The van der Waals surface area contributed by atoms with Crippen LogP contribution in [-0.2, 0) is 9.53 Å². The summed E-state index contributed by atoms with van der Waals surface area (Å²) in [6.45, 7) is 1.83. The van der Waals surface area contributed by atoms with Crippen molar-refractivity contribution in [3.8, 4) is 11.5 Å². The zero-order valence-electron chi connectivity index (χ0n) is 14.5. The Morgan fingerprint density at radius 1 is 1.12 bits per heavy atom. The van der Waals surface area contributed by atoms with Crippen LogP contribution in [0, 0.1) is 6.92 Å². The van der Waals surface area contributed by atoms with Crippen molar-refractivity contribution >= 4 is 11.9 Å². The summed E-state index contributed by atoms with van der Waals surface area (Å²) >= 11 is 0. The number of hydrogen-bond acceptors (Lipinski definition) is 6. The van der Waals surface area contributed by atoms with E-state index < -0.39 is 17.9 Å². The van der Waals surface area contributed by atoms with E-state index in [2.05, 4.69) is 10.3 Å². The fourth-order valence-electron chi connectivity index (χ4n) is 2.37. The van der Waals surface area contributed by atoms with Crippen LogP contribution < -0.4 is 14.8 Å². The third kappa shape index (κ3) is 4.06. The number of hydrogen-bond donors (Lipinski definition) is 1. The van der Waals surface area contributed by atoms with E-state index in [-0.39, 0.29) is 0 Å². The molecule has 25 heavy (non-hydrogen) atoms. The number of benzene rings is 1. The molecule has 0 aliphatic rings. The first-order valence-corrected chi connectivity index (χ1v) is 7.53. The van der Waals surface area contributed by atoms with Gasteiger partial charge in [-0.15, -0.1) is 0 Å². The third-order valence-corrected chi connectivity index (χ3v) is 3.74. The number of rotatable bonds is 6. The Morgan fingerprint density at radius 3 is 2.24 bits per heavy atom. The molecule has 0 aliphatic carbocycles. The van der Waals surface area contributed by atoms with Crippen molar-refractivity contribution in [1.82, 2.24) is 10.3 Å². The van der Waals surface area contributed by atoms with Gasteiger partial charge in [-0.3, -0.25) is 9.78 Å². The highest BCUT2D eigenvalue weighted by Crippen LogP contribution is 2.29. The number of nitrogens with zero attached hydrogens (tertiary/aromatic N) is 1. The summed E-state index contributed by atoms with van der Waals surface area (Å²) in [5.41, 5.74) is 1.60. The minimum Gasteiger partial charge on any atom is -0.496 e. The molecule has 132 valence electrons. The van der Waals surface area contributed by atoms with Gasteiger partial charge in [-0.05, 0) is 25.1 Å². The smallest absolute Gasteiger partial charge is 0.333 e. The van der Waals surface area contributed by atoms with Crippen LogP contribution in [0.5, 0.6) is 11.5 Å². The lowest BCUT2D eigenvalue weighted by molar-refractivity contribution is -0.143. The molecule has 7 heteroatoms. The number of aromatic nitrogens is 1. The lowest BCUT2D eigenvalue weighted by Gasteiger charge is -2.18. The zero-order valence-corrected chi connectivity index (χ0v) is 14.5. The van der Waals surface area contributed by atoms with Crippen LogP contribution in [0.3, 0.4) is 0 Å². The van der Waals surface area contributed by atoms with Crippen LogP contribution in [0.15, 0.2) is 36.7 Å². The molecule has 1 atom stereocenters. The standard InChI is InChI=1S/C18H20N2O5/c1-11-14(23-2)8-13(9-15(11)24-3)17(21)20-16(18(22)25-4)12-6-5-7-19-10-12/h5-10,16H,1-4H3,(H,20,21)/t16-/m0/s1. The van der Waals surface area contributed by atoms with Crippen molar-refractivity contribution in [2.75, 3.05) is 21.3 Å². The maximum atomic E-state index is 12.6. The van der Waals surface area contributed by atoms with Gasteiger partial charge >= 0.3 is 5.97 Å². The first kappa shape index (κ1) is 18.3. The third-order valence-electron chi connectivity index (χ3n) is 3.74. The Hall–Kier alpha value is -3.09. The SMILES string of the molecule is COC(=O)[C@@H](NC(=O)c1cc(OC)c(C)c(OC)c1)c1cccnc1. The monoisotopic (exact) mass is 344 g/mol. The quantitative estimate of drug-likeness (QED) is 0.807. The van der Waals surface area contributed by atoms with Crippen LogP contribution >= 0.6 is 0 Å². The van der Waals surface area contributed by atoms with Gasteiger partial charge in [0.1, 0.15) is 11.5 Å². The number of pyridine rings is 1. The maximum absolute atomic E-state index is 12.6. The summed E-state index contributed by atoms with van der Waals surface area (Å²) in [5, 5.41) is 2.66. The lowest BCUT2D eigenvalue weighted by atomic mass is 10.1. The first-order valence-electron chi connectivity index (χ1n) is 7.53. The number of ether oxygens (including phenoxy) is 3. The van der Waals surface area contributed by atoms with Crippen LogP contribution in [-0.4, -0.2) is 38.2 Å². The van der Waals surface area contributed by atoms with Crippen molar-refractivity contribution in [3.05, 3.63) is 53.3 Å². The largest absolute Gasteiger partial charge is 0.496 e. The molecule has 2 rings (SSSR count). The second kappa shape index (κ2) is 8.14. The van der Waals surface area contributed by atoms with Gasteiger partial charge in [-0.1, -0.05) is 6.07 Å². The fourth-order valence-corrected chi connectivity index (χ4v) is 2.37. The number of methoxy groups -OCH3 is 3. The zero-order chi connectivity index (χ0) is 18.4. The van der Waals surface area contributed by atoms with E-state index in [1.54, 1.807) is 30.5 Å². The van der Waals surface area contributed by atoms with Crippen LogP contribution in [0.2, 0.25) is 0 Å². The maximum Gasteiger partial charge on any atom is 0.333 e. The number of carbonyl (C=O) groups is 2. The Morgan fingerprint density at radius 2 is 1.76 bits per heavy atom. The molecule has 0 fully saturated rings. The van der Waals surface area contributed by atoms with Crippen molar-refractivity contribution in [3.63, 3.8) is 0 Å². The Kier molecular flexibility index (Phi) is 5.94. The van der Waals surface area contributed by atoms with Crippen molar-refractivity contribution in [2.45, 2.75) is 13.0 Å². The van der Waals surface area contributed by atoms with Crippen LogP contribution in [0.4, 0.5) is 0 Å². The molecular formula is C18H20N2O5. The summed E-state index contributed by atoms with van der Waals surface area (Å²) in [7, 11) is 4.28. The minimum atomic E-state index is -0.968. The normalized spacial score (nSPS) is 11.4. The summed E-state index contributed by atoms with van der Waals surface area (Å²) in [6, 6.07) is 5.57. The molecule has 7 nitrogen and oxygen atoms in total. The van der Waals surface area contributed by atoms with Gasteiger partial charge in [0.15, 0.2) is 6.04 Å². The number of esters is 1. The first-order chi connectivity index (χ1) is 12.0. The number of amides is 1. The highest BCUT2D eigenvalue weighted by Gasteiger charge is 2.25. The van der Waals surface area contributed by atoms with Crippen molar-refractivity contribution < 1.29 is 23.8 Å². The van der Waals surface area contributed by atoms with Gasteiger partial charge < -0.3 is 19.5 Å². The van der Waals surface area contributed by atoms with Gasteiger partial charge in [0.25, 0.3) is 5.91 Å². The predicted octanol–water partition coefficient (Wildman–Crippen LogP) is 2.05. The molecule has 1 aromatic heterocycles. The molecule has 1 amide bonds. The molecule has 1 N–H and O–H groups in total. The second-order valence-electron chi connectivity index (χ2n) is 5.22. The predicted molar refractivity (Wildman–Crippen MR) is 90.7 cm³/mol. The van der Waals surface area contributed by atoms with E-state index in [9.17, 15) is 9.59 Å². The van der Waals surface area contributed by atoms with E-state index in [0.717, 1.165) is 5.56 Å². The van der Waals surface area contributed by atoms with E-state index in [4.69, 9.17) is 14.2 Å². The van der Waals surface area contributed by atoms with Gasteiger partial charge in [0, 0.05) is 29.1 Å². The van der Waals surface area contributed by atoms with Crippen LogP contribution in [0.25, 0.3) is 0 Å². The van der Waals surface area contributed by atoms with Gasteiger partial charge in [0.05, 0.1) is 21.3 Å². The molecule has 0 bridgehead atoms. The second-order valence-corrected chi connectivity index (χ2v) is 5.22. The van der Waals surface area contributed by atoms with Gasteiger partial charge in [0.2, 0.25) is 0 Å². The molecule has 1 aromatic carbocycles. The van der Waals surface area contributed by atoms with E-state index in [0.29, 0.717) is 22.6 Å². The highest BCUT2D eigenvalue weighted by atomic mass is 16.5. The van der Waals surface area contributed by atoms with Crippen molar-refractivity contribution in [2.24, 2.45) is 0 Å². The Bertz CT molecular complexity index is 736. The molecule has 0 radical (unpaired) electrons. The molecule has 0 aliphatic heterocycles. The molecule has 2 aromatic rings. The van der Waals surface area contributed by atoms with E-state index in [1.165, 1.54) is 27.5 Å². The molecule has 0 saturated carbocycles. The minimum absolute atomic E-state index is 0.303. The Balaban J connectivity index is 2.34. The van der Waals surface area contributed by atoms with E-state index >= 15 is 0 Å². The molecule has 0 unspecified atom stereocenters. The molecule has 0 saturated heterocycles. The Labute approximate surface area is 145 Å². The summed E-state index contributed by atoms with van der Waals surface area (Å²) in [6.07, 6.45) is 3.08. The highest BCUT2D eigenvalue weighted by molar-refractivity contribution is 5.98. The topological polar surface area (TPSA) is 86.8 Å². The average Bonchev–Trinajstić information content (AvgIpc) is 2.66.